The molecule has 0 saturated carbocycles. The maximum Gasteiger partial charge on any atom is 0.223 e. The van der Waals surface area contributed by atoms with Gasteiger partial charge in [0.05, 0.1) is 12.2 Å². The van der Waals surface area contributed by atoms with Crippen LogP contribution in [-0.4, -0.2) is 47.8 Å². The van der Waals surface area contributed by atoms with Crippen LogP contribution in [0.4, 0.5) is 0 Å². The molecular weight excluding hydrogens is 266 g/mol. The lowest BCUT2D eigenvalue weighted by Crippen LogP contribution is -2.54. The van der Waals surface area contributed by atoms with Gasteiger partial charge in [-0.25, -0.2) is 0 Å². The summed E-state index contributed by atoms with van der Waals surface area (Å²) in [5, 5.41) is 0. The average molecular weight is 297 g/mol. The van der Waals surface area contributed by atoms with Gasteiger partial charge in [0.15, 0.2) is 0 Å². The molecule has 21 heavy (non-hydrogen) atoms. The summed E-state index contributed by atoms with van der Waals surface area (Å²) in [6.07, 6.45) is 6.28. The van der Waals surface area contributed by atoms with E-state index in [-0.39, 0.29) is 11.6 Å². The first-order valence-corrected chi connectivity index (χ1v) is 8.43. The molecule has 2 aliphatic heterocycles. The Bertz CT molecular complexity index is 344. The van der Waals surface area contributed by atoms with E-state index in [4.69, 9.17) is 9.47 Å². The summed E-state index contributed by atoms with van der Waals surface area (Å²) >= 11 is 0. The van der Waals surface area contributed by atoms with Crippen molar-refractivity contribution in [3.05, 3.63) is 0 Å². The predicted octanol–water partition coefficient (Wildman–Crippen LogP) is 3.14. The van der Waals surface area contributed by atoms with E-state index in [2.05, 4.69) is 32.6 Å². The summed E-state index contributed by atoms with van der Waals surface area (Å²) in [5.74, 6) is 0.303. The highest BCUT2D eigenvalue weighted by Gasteiger charge is 2.36. The summed E-state index contributed by atoms with van der Waals surface area (Å²) < 4.78 is 11.5. The largest absolute Gasteiger partial charge is 0.381 e. The molecule has 2 atom stereocenters. The zero-order valence-electron chi connectivity index (χ0n) is 14.1. The van der Waals surface area contributed by atoms with Crippen molar-refractivity contribution in [3.8, 4) is 0 Å². The molecule has 0 aromatic heterocycles. The van der Waals surface area contributed by atoms with Crippen molar-refractivity contribution in [3.63, 3.8) is 0 Å². The van der Waals surface area contributed by atoms with Gasteiger partial charge in [0.1, 0.15) is 0 Å². The highest BCUT2D eigenvalue weighted by atomic mass is 16.5. The fourth-order valence-electron chi connectivity index (χ4n) is 3.67. The summed E-state index contributed by atoms with van der Waals surface area (Å²) in [6.45, 7) is 10.2. The van der Waals surface area contributed by atoms with E-state index in [1.54, 1.807) is 0 Å². The minimum absolute atomic E-state index is 0.0967. The Kier molecular flexibility index (Phi) is 5.67. The monoisotopic (exact) mass is 297 g/mol. The molecule has 0 radical (unpaired) electrons. The molecule has 4 nitrogen and oxygen atoms in total. The molecule has 0 spiro atoms. The second kappa shape index (κ2) is 7.10. The van der Waals surface area contributed by atoms with Gasteiger partial charge in [-0.05, 0) is 59.8 Å². The van der Waals surface area contributed by atoms with Crippen LogP contribution in [0.5, 0.6) is 0 Å². The number of hydrogen-bond donors (Lipinski definition) is 0. The molecule has 122 valence electrons. The van der Waals surface area contributed by atoms with Crippen LogP contribution in [0.1, 0.15) is 66.2 Å². The van der Waals surface area contributed by atoms with Crippen LogP contribution in [0.3, 0.4) is 0 Å². The van der Waals surface area contributed by atoms with E-state index >= 15 is 0 Å². The Balaban J connectivity index is 1.90. The van der Waals surface area contributed by atoms with Crippen molar-refractivity contribution in [1.29, 1.82) is 0 Å². The normalized spacial score (nSPS) is 27.0. The molecule has 2 saturated heterocycles. The first-order chi connectivity index (χ1) is 9.88. The highest BCUT2D eigenvalue weighted by molar-refractivity contribution is 5.78. The smallest absolute Gasteiger partial charge is 0.223 e. The Hall–Kier alpha value is -0.610. The molecule has 2 unspecified atom stereocenters. The van der Waals surface area contributed by atoms with Gasteiger partial charge in [0.25, 0.3) is 0 Å². The van der Waals surface area contributed by atoms with Gasteiger partial charge >= 0.3 is 0 Å². The number of likely N-dealkylation sites (tertiary alicyclic amines) is 1. The van der Waals surface area contributed by atoms with E-state index in [0.29, 0.717) is 24.5 Å². The quantitative estimate of drug-likeness (QED) is 0.800. The van der Waals surface area contributed by atoms with Crippen LogP contribution in [0.2, 0.25) is 0 Å². The number of ether oxygens (including phenoxy) is 2. The number of carbonyl (C=O) groups is 1. The molecular formula is C17H31NO3. The van der Waals surface area contributed by atoms with Gasteiger partial charge in [-0.15, -0.1) is 0 Å². The number of amides is 1. The zero-order chi connectivity index (χ0) is 15.5. The van der Waals surface area contributed by atoms with Gasteiger partial charge in [-0.3, -0.25) is 4.79 Å². The number of hydrogen-bond acceptors (Lipinski definition) is 3. The van der Waals surface area contributed by atoms with Crippen LogP contribution in [0, 0.1) is 0 Å². The van der Waals surface area contributed by atoms with Gasteiger partial charge in [0, 0.05) is 31.2 Å². The third-order valence-electron chi connectivity index (χ3n) is 4.48. The fraction of sp³-hybridized carbons (Fsp3) is 0.941. The number of carbonyl (C=O) groups excluding carboxylic acids is 1. The first-order valence-electron chi connectivity index (χ1n) is 8.43. The molecule has 0 bridgehead atoms. The third-order valence-corrected chi connectivity index (χ3v) is 4.48. The van der Waals surface area contributed by atoms with Crippen molar-refractivity contribution in [1.82, 2.24) is 4.90 Å². The lowest BCUT2D eigenvalue weighted by Gasteiger charge is -2.45. The molecule has 4 heteroatoms. The zero-order valence-corrected chi connectivity index (χ0v) is 14.1. The Morgan fingerprint density at radius 2 is 1.95 bits per heavy atom. The molecule has 0 aromatic carbocycles. The summed E-state index contributed by atoms with van der Waals surface area (Å²) in [6, 6.07) is 0.320. The van der Waals surface area contributed by atoms with E-state index in [1.807, 2.05) is 0 Å². The predicted molar refractivity (Wildman–Crippen MR) is 83.2 cm³/mol. The second-order valence-corrected chi connectivity index (χ2v) is 7.47. The van der Waals surface area contributed by atoms with Crippen LogP contribution in [0.15, 0.2) is 0 Å². The maximum absolute atomic E-state index is 12.3. The second-order valence-electron chi connectivity index (χ2n) is 7.47. The van der Waals surface area contributed by atoms with E-state index < -0.39 is 0 Å². The Morgan fingerprint density at radius 3 is 2.57 bits per heavy atom. The molecule has 2 rings (SSSR count). The Labute approximate surface area is 129 Å². The first kappa shape index (κ1) is 16.8. The SMILES string of the molecule is CC(CC1CCCC(=O)N1C(C)(C)C)OC1CCOCC1. The van der Waals surface area contributed by atoms with Crippen molar-refractivity contribution >= 4 is 5.91 Å². The molecule has 0 aromatic rings. The van der Waals surface area contributed by atoms with E-state index in [0.717, 1.165) is 45.3 Å². The van der Waals surface area contributed by atoms with Crippen molar-refractivity contribution in [2.45, 2.75) is 90.0 Å². The van der Waals surface area contributed by atoms with Gasteiger partial charge in [-0.2, -0.15) is 0 Å². The van der Waals surface area contributed by atoms with Crippen molar-refractivity contribution in [2.24, 2.45) is 0 Å². The molecule has 2 fully saturated rings. The highest BCUT2D eigenvalue weighted by Crippen LogP contribution is 2.30. The molecule has 0 aliphatic carbocycles. The molecule has 2 heterocycles. The van der Waals surface area contributed by atoms with Crippen molar-refractivity contribution < 1.29 is 14.3 Å². The van der Waals surface area contributed by atoms with Gasteiger partial charge < -0.3 is 14.4 Å². The van der Waals surface area contributed by atoms with Crippen LogP contribution in [0.25, 0.3) is 0 Å². The number of rotatable bonds is 4. The van der Waals surface area contributed by atoms with Crippen molar-refractivity contribution in [2.75, 3.05) is 13.2 Å². The van der Waals surface area contributed by atoms with Crippen LogP contribution < -0.4 is 0 Å². The van der Waals surface area contributed by atoms with Crippen LogP contribution >= 0.6 is 0 Å². The lowest BCUT2D eigenvalue weighted by atomic mass is 9.91. The van der Waals surface area contributed by atoms with Crippen LogP contribution in [-0.2, 0) is 14.3 Å². The standard InChI is InChI=1S/C17H31NO3/c1-13(21-15-8-10-20-11-9-15)12-14-6-5-7-16(19)18(14)17(2,3)4/h13-15H,5-12H2,1-4H3. The van der Waals surface area contributed by atoms with Gasteiger partial charge in [-0.1, -0.05) is 0 Å². The summed E-state index contributed by atoms with van der Waals surface area (Å²) in [4.78, 5) is 14.4. The molecule has 2 aliphatic rings. The summed E-state index contributed by atoms with van der Waals surface area (Å²) in [5.41, 5.74) is -0.0967. The number of nitrogens with zero attached hydrogens (tertiary/aromatic N) is 1. The molecule has 0 N–H and O–H groups in total. The van der Waals surface area contributed by atoms with E-state index in [9.17, 15) is 4.79 Å². The lowest BCUT2D eigenvalue weighted by molar-refractivity contribution is -0.145. The molecule has 1 amide bonds. The van der Waals surface area contributed by atoms with E-state index in [1.165, 1.54) is 0 Å². The number of piperidine rings is 1. The minimum atomic E-state index is -0.0967. The third kappa shape index (κ3) is 4.68. The fourth-order valence-corrected chi connectivity index (χ4v) is 3.67. The maximum atomic E-state index is 12.3. The summed E-state index contributed by atoms with van der Waals surface area (Å²) in [7, 11) is 0. The Morgan fingerprint density at radius 1 is 1.29 bits per heavy atom. The van der Waals surface area contributed by atoms with Gasteiger partial charge in [0.2, 0.25) is 5.91 Å². The average Bonchev–Trinajstić information content (AvgIpc) is 2.38. The minimum Gasteiger partial charge on any atom is -0.381 e. The topological polar surface area (TPSA) is 38.8 Å².